The minimum Gasteiger partial charge on any atom is -0.329 e. The molecule has 1 heterocycles. The SMILES string of the molecule is CC(C)CN(CCN(C)C)C1(CN)CCCS(=O)(=O)C1. The second kappa shape index (κ2) is 7.20. The van der Waals surface area contributed by atoms with Gasteiger partial charge in [-0.2, -0.15) is 0 Å². The van der Waals surface area contributed by atoms with Crippen LogP contribution in [0.15, 0.2) is 0 Å². The molecule has 0 aromatic rings. The fraction of sp³-hybridized carbons (Fsp3) is 1.00. The first kappa shape index (κ1) is 17.9. The van der Waals surface area contributed by atoms with Crippen LogP contribution in [0.1, 0.15) is 26.7 Å². The molecule has 1 rings (SSSR count). The quantitative estimate of drug-likeness (QED) is 0.738. The molecule has 0 saturated carbocycles. The van der Waals surface area contributed by atoms with E-state index in [1.807, 2.05) is 14.1 Å². The highest BCUT2D eigenvalue weighted by Crippen LogP contribution is 2.29. The maximum Gasteiger partial charge on any atom is 0.152 e. The third-order valence-electron chi connectivity index (χ3n) is 4.04. The molecule has 2 N–H and O–H groups in total. The summed E-state index contributed by atoms with van der Waals surface area (Å²) in [5.74, 6) is 1.04. The molecule has 5 nitrogen and oxygen atoms in total. The van der Waals surface area contributed by atoms with Crippen molar-refractivity contribution < 1.29 is 8.42 Å². The van der Waals surface area contributed by atoms with Gasteiger partial charge in [0.2, 0.25) is 0 Å². The number of hydrogen-bond donors (Lipinski definition) is 1. The van der Waals surface area contributed by atoms with E-state index in [4.69, 9.17) is 5.73 Å². The van der Waals surface area contributed by atoms with E-state index >= 15 is 0 Å². The molecule has 0 aromatic heterocycles. The highest BCUT2D eigenvalue weighted by molar-refractivity contribution is 7.91. The summed E-state index contributed by atoms with van der Waals surface area (Å²) < 4.78 is 24.1. The number of rotatable bonds is 7. The molecular weight excluding hydrogens is 274 g/mol. The first-order valence-corrected chi connectivity index (χ1v) is 9.33. The van der Waals surface area contributed by atoms with Gasteiger partial charge in [-0.15, -0.1) is 0 Å². The lowest BCUT2D eigenvalue weighted by molar-refractivity contribution is 0.0786. The minimum absolute atomic E-state index is 0.219. The monoisotopic (exact) mass is 305 g/mol. The van der Waals surface area contributed by atoms with Gasteiger partial charge in [0.05, 0.1) is 11.5 Å². The predicted octanol–water partition coefficient (Wildman–Crippen LogP) is 0.412. The van der Waals surface area contributed by atoms with Crippen LogP contribution >= 0.6 is 0 Å². The van der Waals surface area contributed by atoms with Crippen LogP contribution in [-0.4, -0.2) is 75.5 Å². The van der Waals surface area contributed by atoms with E-state index in [1.165, 1.54) is 0 Å². The van der Waals surface area contributed by atoms with Crippen LogP contribution in [0.3, 0.4) is 0 Å². The van der Waals surface area contributed by atoms with Crippen molar-refractivity contribution in [2.24, 2.45) is 11.7 Å². The summed E-state index contributed by atoms with van der Waals surface area (Å²) in [4.78, 5) is 4.46. The smallest absolute Gasteiger partial charge is 0.152 e. The molecule has 120 valence electrons. The van der Waals surface area contributed by atoms with Gasteiger partial charge >= 0.3 is 0 Å². The van der Waals surface area contributed by atoms with Gasteiger partial charge in [0.15, 0.2) is 9.84 Å². The lowest BCUT2D eigenvalue weighted by Gasteiger charge is -2.46. The Morgan fingerprint density at radius 2 is 1.90 bits per heavy atom. The van der Waals surface area contributed by atoms with Crippen LogP contribution in [0, 0.1) is 5.92 Å². The van der Waals surface area contributed by atoms with Crippen molar-refractivity contribution in [2.45, 2.75) is 32.2 Å². The van der Waals surface area contributed by atoms with Crippen LogP contribution in [0.4, 0.5) is 0 Å². The highest BCUT2D eigenvalue weighted by atomic mass is 32.2. The average molecular weight is 305 g/mol. The van der Waals surface area contributed by atoms with Gasteiger partial charge in [0, 0.05) is 31.7 Å². The van der Waals surface area contributed by atoms with Crippen molar-refractivity contribution in [3.05, 3.63) is 0 Å². The van der Waals surface area contributed by atoms with Crippen LogP contribution < -0.4 is 5.73 Å². The van der Waals surface area contributed by atoms with Crippen molar-refractivity contribution in [1.82, 2.24) is 9.80 Å². The van der Waals surface area contributed by atoms with Gasteiger partial charge in [-0.05, 0) is 32.9 Å². The van der Waals surface area contributed by atoms with E-state index in [0.29, 0.717) is 18.2 Å². The van der Waals surface area contributed by atoms with Gasteiger partial charge in [0.25, 0.3) is 0 Å². The summed E-state index contributed by atoms with van der Waals surface area (Å²) in [6, 6.07) is 0. The molecule has 0 aromatic carbocycles. The van der Waals surface area contributed by atoms with Gasteiger partial charge in [-0.3, -0.25) is 4.90 Å². The number of nitrogens with two attached hydrogens (primary N) is 1. The molecule has 20 heavy (non-hydrogen) atoms. The first-order chi connectivity index (χ1) is 9.21. The van der Waals surface area contributed by atoms with Crippen LogP contribution in [0.25, 0.3) is 0 Å². The summed E-state index contributed by atoms with van der Waals surface area (Å²) in [7, 11) is 1.13. The number of sulfone groups is 1. The Balaban J connectivity index is 2.93. The zero-order valence-electron chi connectivity index (χ0n) is 13.4. The molecule has 1 aliphatic rings. The summed E-state index contributed by atoms with van der Waals surface area (Å²) in [6.45, 7) is 7.47. The largest absolute Gasteiger partial charge is 0.329 e. The highest BCUT2D eigenvalue weighted by Gasteiger charge is 2.42. The molecule has 0 bridgehead atoms. The van der Waals surface area contributed by atoms with Gasteiger partial charge in [-0.25, -0.2) is 8.42 Å². The fourth-order valence-corrected chi connectivity index (χ4v) is 4.99. The van der Waals surface area contributed by atoms with E-state index in [2.05, 4.69) is 23.6 Å². The van der Waals surface area contributed by atoms with E-state index in [1.54, 1.807) is 0 Å². The Labute approximate surface area is 124 Å². The number of likely N-dealkylation sites (N-methyl/N-ethyl adjacent to an activating group) is 1. The Hall–Kier alpha value is -0.170. The predicted molar refractivity (Wildman–Crippen MR) is 84.6 cm³/mol. The third-order valence-corrected chi connectivity index (χ3v) is 5.93. The fourth-order valence-electron chi connectivity index (χ4n) is 3.00. The van der Waals surface area contributed by atoms with E-state index in [-0.39, 0.29) is 11.3 Å². The molecule has 0 aliphatic carbocycles. The number of hydrogen-bond acceptors (Lipinski definition) is 5. The van der Waals surface area contributed by atoms with Crippen LogP contribution in [0.2, 0.25) is 0 Å². The maximum absolute atomic E-state index is 12.1. The van der Waals surface area contributed by atoms with Gasteiger partial charge < -0.3 is 10.6 Å². The van der Waals surface area contributed by atoms with Crippen molar-refractivity contribution in [3.63, 3.8) is 0 Å². The molecule has 0 radical (unpaired) electrons. The Morgan fingerprint density at radius 1 is 1.25 bits per heavy atom. The summed E-state index contributed by atoms with van der Waals surface area (Å²) >= 11 is 0. The van der Waals surface area contributed by atoms with Crippen molar-refractivity contribution in [2.75, 3.05) is 51.8 Å². The van der Waals surface area contributed by atoms with E-state index < -0.39 is 9.84 Å². The molecule has 1 saturated heterocycles. The molecular formula is C14H31N3O2S. The zero-order valence-corrected chi connectivity index (χ0v) is 14.2. The summed E-state index contributed by atoms with van der Waals surface area (Å²) in [5, 5.41) is 0. The Morgan fingerprint density at radius 3 is 2.35 bits per heavy atom. The van der Waals surface area contributed by atoms with E-state index in [0.717, 1.165) is 32.5 Å². The first-order valence-electron chi connectivity index (χ1n) is 7.51. The second-order valence-corrected chi connectivity index (χ2v) is 8.95. The summed E-state index contributed by atoms with van der Waals surface area (Å²) in [5.41, 5.74) is 5.66. The molecule has 0 amide bonds. The molecule has 1 unspecified atom stereocenters. The maximum atomic E-state index is 12.1. The third kappa shape index (κ3) is 4.98. The molecule has 6 heteroatoms. The molecule has 0 spiro atoms. The van der Waals surface area contributed by atoms with Crippen molar-refractivity contribution >= 4 is 9.84 Å². The standard InChI is InChI=1S/C14H31N3O2S/c1-13(2)10-17(8-7-16(3)4)14(11-15)6-5-9-20(18,19)12-14/h13H,5-12,15H2,1-4H3. The minimum atomic E-state index is -2.96. The summed E-state index contributed by atoms with van der Waals surface area (Å²) in [6.07, 6.45) is 1.62. The average Bonchev–Trinajstić information content (AvgIpc) is 2.32. The van der Waals surface area contributed by atoms with Crippen LogP contribution in [-0.2, 0) is 9.84 Å². The molecule has 1 aliphatic heterocycles. The van der Waals surface area contributed by atoms with Crippen LogP contribution in [0.5, 0.6) is 0 Å². The normalized spacial score (nSPS) is 26.6. The van der Waals surface area contributed by atoms with Crippen molar-refractivity contribution in [1.29, 1.82) is 0 Å². The Bertz CT molecular complexity index is 395. The number of nitrogens with zero attached hydrogens (tertiary/aromatic N) is 2. The molecule has 1 atom stereocenters. The topological polar surface area (TPSA) is 66.6 Å². The van der Waals surface area contributed by atoms with E-state index in [9.17, 15) is 8.42 Å². The molecule has 1 fully saturated rings. The van der Waals surface area contributed by atoms with Gasteiger partial charge in [-0.1, -0.05) is 13.8 Å². The zero-order chi connectivity index (χ0) is 15.4. The van der Waals surface area contributed by atoms with Gasteiger partial charge in [0.1, 0.15) is 0 Å². The second-order valence-electron chi connectivity index (χ2n) is 6.77. The Kier molecular flexibility index (Phi) is 6.44. The lowest BCUT2D eigenvalue weighted by atomic mass is 9.92. The lowest BCUT2D eigenvalue weighted by Crippen LogP contribution is -2.61. The van der Waals surface area contributed by atoms with Crippen molar-refractivity contribution in [3.8, 4) is 0 Å².